The Morgan fingerprint density at radius 2 is 1.77 bits per heavy atom. The number of pyridine rings is 1. The fourth-order valence-corrected chi connectivity index (χ4v) is 7.05. The minimum absolute atomic E-state index is 0.105. The number of nitrogens with zero attached hydrogens (tertiary/aromatic N) is 5. The van der Waals surface area contributed by atoms with Crippen molar-refractivity contribution in [2.45, 2.75) is 70.1 Å². The molecule has 3 heterocycles. The van der Waals surface area contributed by atoms with Crippen LogP contribution in [0.5, 0.6) is 0 Å². The van der Waals surface area contributed by atoms with Crippen molar-refractivity contribution >= 4 is 34.2 Å². The first-order valence-corrected chi connectivity index (χ1v) is 16.9. The van der Waals surface area contributed by atoms with Gasteiger partial charge in [-0.1, -0.05) is 30.5 Å². The van der Waals surface area contributed by atoms with E-state index in [1.807, 2.05) is 0 Å². The lowest BCUT2D eigenvalue weighted by atomic mass is 9.93. The second-order valence-electron chi connectivity index (χ2n) is 13.5. The largest absolute Gasteiger partial charge is 0.378 e. The number of fused-ring (bicyclic) bond motifs is 2. The third kappa shape index (κ3) is 7.56. The predicted molar refractivity (Wildman–Crippen MR) is 187 cm³/mol. The second kappa shape index (κ2) is 14.1. The first-order valence-electron chi connectivity index (χ1n) is 16.5. The smallest absolute Gasteiger partial charge is 0.290 e. The van der Waals surface area contributed by atoms with Crippen molar-refractivity contribution in [3.05, 3.63) is 93.0 Å². The van der Waals surface area contributed by atoms with Crippen molar-refractivity contribution in [1.82, 2.24) is 29.9 Å². The number of aromatic nitrogens is 5. The number of benzene rings is 2. The molecule has 0 saturated carbocycles. The van der Waals surface area contributed by atoms with E-state index in [4.69, 9.17) is 16.6 Å². The number of carbonyl (C=O) groups excluding carboxylic acids is 1. The van der Waals surface area contributed by atoms with Crippen LogP contribution < -0.4 is 10.6 Å². The van der Waals surface area contributed by atoms with E-state index in [0.29, 0.717) is 43.6 Å². The van der Waals surface area contributed by atoms with Crippen LogP contribution in [0.1, 0.15) is 79.5 Å². The third-order valence-electron chi connectivity index (χ3n) is 8.83. The normalized spacial score (nSPS) is 15.7. The summed E-state index contributed by atoms with van der Waals surface area (Å²) in [7, 11) is 3.37. The van der Waals surface area contributed by atoms with Crippen LogP contribution in [0.2, 0.25) is 5.02 Å². The minimum Gasteiger partial charge on any atom is -0.378 e. The molecule has 0 aliphatic heterocycles. The highest BCUT2D eigenvalue weighted by Gasteiger charge is 2.50. The summed E-state index contributed by atoms with van der Waals surface area (Å²) >= 11 is 6.61. The van der Waals surface area contributed by atoms with E-state index in [2.05, 4.69) is 32.7 Å². The molecule has 0 radical (unpaired) electrons. The molecule has 2 atom stereocenters. The Morgan fingerprint density at radius 1 is 1.09 bits per heavy atom. The first kappa shape index (κ1) is 37.7. The van der Waals surface area contributed by atoms with Gasteiger partial charge in [0.2, 0.25) is 5.91 Å². The Bertz CT molecular complexity index is 2280. The summed E-state index contributed by atoms with van der Waals surface area (Å²) in [6.45, 7) is 3.46. The van der Waals surface area contributed by atoms with Gasteiger partial charge in [-0.3, -0.25) is 14.2 Å². The van der Waals surface area contributed by atoms with Crippen LogP contribution in [0, 0.1) is 23.5 Å². The Morgan fingerprint density at radius 3 is 2.42 bits per heavy atom. The van der Waals surface area contributed by atoms with Crippen molar-refractivity contribution in [2.24, 2.45) is 7.05 Å². The molecule has 1 aliphatic carbocycles. The summed E-state index contributed by atoms with van der Waals surface area (Å²) in [5.74, 6) is -1.21. The molecular weight excluding hydrogens is 724 g/mol. The van der Waals surface area contributed by atoms with E-state index in [9.17, 15) is 27.5 Å². The lowest BCUT2D eigenvalue weighted by Crippen LogP contribution is -2.35. The molecule has 0 bridgehead atoms. The maximum Gasteiger partial charge on any atom is 0.290 e. The molecule has 3 N–H and O–H groups in total. The number of rotatable bonds is 9. The van der Waals surface area contributed by atoms with Crippen LogP contribution >= 0.6 is 11.6 Å². The molecule has 0 fully saturated rings. The number of aliphatic hydroxyl groups is 1. The Kier molecular flexibility index (Phi) is 9.99. The molecule has 0 unspecified atom stereocenters. The van der Waals surface area contributed by atoms with Crippen LogP contribution in [0.3, 0.4) is 0 Å². The van der Waals surface area contributed by atoms with E-state index in [1.54, 1.807) is 43.0 Å². The average molecular weight is 758 g/mol. The topological polar surface area (TPSA) is 110 Å². The summed E-state index contributed by atoms with van der Waals surface area (Å²) in [4.78, 5) is 18.6. The molecule has 53 heavy (non-hydrogen) atoms. The van der Waals surface area contributed by atoms with Gasteiger partial charge in [-0.2, -0.15) is 19.0 Å². The number of alkyl halides is 4. The number of hydrogen-bond acceptors (Lipinski definition) is 6. The van der Waals surface area contributed by atoms with Gasteiger partial charge in [0.15, 0.2) is 5.82 Å². The van der Waals surface area contributed by atoms with Crippen molar-refractivity contribution in [3.63, 3.8) is 0 Å². The Labute approximate surface area is 305 Å². The summed E-state index contributed by atoms with van der Waals surface area (Å²) < 4.78 is 89.4. The summed E-state index contributed by atoms with van der Waals surface area (Å²) in [6, 6.07) is 8.18. The lowest BCUT2D eigenvalue weighted by molar-refractivity contribution is -0.122. The molecule has 278 valence electrons. The Balaban J connectivity index is 1.52. The number of halogens is 7. The molecule has 0 saturated heterocycles. The van der Waals surface area contributed by atoms with E-state index in [1.165, 1.54) is 20.8 Å². The molecule has 3 aromatic heterocycles. The lowest BCUT2D eigenvalue weighted by Gasteiger charge is -2.23. The fraction of sp³-hybridized carbons (Fsp3) is 0.351. The fourth-order valence-electron chi connectivity index (χ4n) is 6.81. The molecular formula is C37H34ClF6N7O2. The van der Waals surface area contributed by atoms with Crippen LogP contribution in [0.25, 0.3) is 22.0 Å². The molecule has 16 heteroatoms. The van der Waals surface area contributed by atoms with Gasteiger partial charge in [0.25, 0.3) is 12.3 Å². The summed E-state index contributed by atoms with van der Waals surface area (Å²) in [5.41, 5.74) is -1.38. The highest BCUT2D eigenvalue weighted by molar-refractivity contribution is 6.37. The maximum absolute atomic E-state index is 15.2. The maximum atomic E-state index is 15.2. The number of carbonyl (C=O) groups is 1. The van der Waals surface area contributed by atoms with Crippen molar-refractivity contribution < 1.29 is 36.2 Å². The molecule has 2 aromatic carbocycles. The summed E-state index contributed by atoms with van der Waals surface area (Å²) in [6.07, 6.45) is -4.15. The van der Waals surface area contributed by atoms with Crippen LogP contribution in [-0.4, -0.2) is 48.2 Å². The van der Waals surface area contributed by atoms with Crippen LogP contribution in [0.15, 0.2) is 42.5 Å². The standard InChI is InChI=1S/C37H34ClF6N7O2/c1-18-16-37(43,44)33-28(18)31(34(41)42)48-51(33)17-27(52)47-26(14-19-12-20(39)15-21(40)13-19)30-23(7-6-22(46-30)10-11-36(2,3)53)24-8-9-25(38)29-32(24)50(5)49-35(29)45-4/h6-9,12-13,15,18,26,34,53H,14,16-17H2,1-5H3,(H,45,49)(H,47,52)/t18-,26-/m0/s1. The van der Waals surface area contributed by atoms with Gasteiger partial charge in [0.1, 0.15) is 40.9 Å². The number of hydrogen-bond donors (Lipinski definition) is 3. The van der Waals surface area contributed by atoms with Crippen molar-refractivity contribution in [2.75, 3.05) is 12.4 Å². The zero-order valence-corrected chi connectivity index (χ0v) is 29.9. The number of amides is 1. The first-order chi connectivity index (χ1) is 24.9. The van der Waals surface area contributed by atoms with E-state index in [-0.39, 0.29) is 28.9 Å². The van der Waals surface area contributed by atoms with Crippen LogP contribution in [0.4, 0.5) is 32.2 Å². The molecule has 5 aromatic rings. The molecule has 6 rings (SSSR count). The van der Waals surface area contributed by atoms with Crippen molar-refractivity contribution in [1.29, 1.82) is 0 Å². The van der Waals surface area contributed by atoms with E-state index >= 15 is 8.78 Å². The van der Waals surface area contributed by atoms with Gasteiger partial charge in [-0.25, -0.2) is 22.5 Å². The number of anilines is 1. The van der Waals surface area contributed by atoms with Crippen LogP contribution in [-0.2, 0) is 30.7 Å². The monoisotopic (exact) mass is 757 g/mol. The summed E-state index contributed by atoms with van der Waals surface area (Å²) in [5, 5.41) is 25.2. The van der Waals surface area contributed by atoms with Gasteiger partial charge >= 0.3 is 0 Å². The molecule has 0 spiro atoms. The average Bonchev–Trinajstić information content (AvgIpc) is 3.69. The van der Waals surface area contributed by atoms with Gasteiger partial charge < -0.3 is 15.7 Å². The van der Waals surface area contributed by atoms with E-state index in [0.717, 1.165) is 12.1 Å². The number of nitrogens with one attached hydrogen (secondary N) is 2. The van der Waals surface area contributed by atoms with Crippen molar-refractivity contribution in [3.8, 4) is 23.0 Å². The zero-order valence-electron chi connectivity index (χ0n) is 29.1. The zero-order chi connectivity index (χ0) is 38.6. The quantitative estimate of drug-likeness (QED) is 0.106. The minimum atomic E-state index is -3.52. The van der Waals surface area contributed by atoms with Gasteiger partial charge in [-0.15, -0.1) is 0 Å². The highest BCUT2D eigenvalue weighted by atomic mass is 35.5. The Hall–Kier alpha value is -5.07. The van der Waals surface area contributed by atoms with Gasteiger partial charge in [-0.05, 0) is 68.0 Å². The molecule has 1 aliphatic rings. The SMILES string of the molecule is CNc1nn(C)c2c(-c3ccc(C#CC(C)(C)O)nc3[C@H](Cc3cc(F)cc(F)c3)NC(=O)Cn3nc(C(F)F)c4c3C(F)(F)C[C@@H]4C)ccc(Cl)c12. The van der Waals surface area contributed by atoms with E-state index < -0.39 is 71.8 Å². The predicted octanol–water partition coefficient (Wildman–Crippen LogP) is 7.56. The second-order valence-corrected chi connectivity index (χ2v) is 13.9. The molecule has 9 nitrogen and oxygen atoms in total. The third-order valence-corrected chi connectivity index (χ3v) is 9.15. The highest BCUT2D eigenvalue weighted by Crippen LogP contribution is 2.51. The van der Waals surface area contributed by atoms with Gasteiger partial charge in [0, 0.05) is 43.3 Å². The number of aryl methyl sites for hydroxylation is 1. The molecule has 1 amide bonds. The van der Waals surface area contributed by atoms with Gasteiger partial charge in [0.05, 0.1) is 27.7 Å².